The summed E-state index contributed by atoms with van der Waals surface area (Å²) in [6.07, 6.45) is 0. The van der Waals surface area contributed by atoms with Crippen LogP contribution < -0.4 is 0 Å². The Hall–Kier alpha value is -5.54. The van der Waals surface area contributed by atoms with Crippen LogP contribution in [0.25, 0.3) is 82.8 Å². The standard InChI is InChI=1S/C50H47N3/c1-48(2,3)34-23-33-24-42(43-29-36(50(7,8)9)28-41(51-43)32-19-15-18-31(22-32)30-16-11-10-12-17-30)52-47-45(33)38(25-34)40-27-35(49(4,5)6)26-39-37-20-13-14-21-44(37)53(47)46(39)40/h10-29H,1-9H3. The zero-order valence-electron chi connectivity index (χ0n) is 32.4. The molecule has 262 valence electrons. The molecule has 3 heteroatoms. The molecule has 0 aliphatic heterocycles. The highest BCUT2D eigenvalue weighted by atomic mass is 15.0. The number of hydrogen-bond acceptors (Lipinski definition) is 2. The van der Waals surface area contributed by atoms with Gasteiger partial charge in [-0.15, -0.1) is 0 Å². The van der Waals surface area contributed by atoms with Crippen LogP contribution in [0.1, 0.15) is 79.0 Å². The molecule has 0 saturated heterocycles. The highest BCUT2D eigenvalue weighted by Crippen LogP contribution is 2.45. The number of aromatic nitrogens is 3. The number of rotatable bonds is 3. The van der Waals surface area contributed by atoms with Crippen molar-refractivity contribution in [2.75, 3.05) is 0 Å². The molecule has 9 rings (SSSR count). The van der Waals surface area contributed by atoms with Crippen LogP contribution in [0.3, 0.4) is 0 Å². The minimum Gasteiger partial charge on any atom is -0.293 e. The first-order valence-corrected chi connectivity index (χ1v) is 18.9. The lowest BCUT2D eigenvalue weighted by Gasteiger charge is -2.24. The largest absolute Gasteiger partial charge is 0.293 e. The Labute approximate surface area is 312 Å². The highest BCUT2D eigenvalue weighted by molar-refractivity contribution is 6.27. The molecular formula is C50H47N3. The monoisotopic (exact) mass is 689 g/mol. The normalized spacial score (nSPS) is 13.0. The summed E-state index contributed by atoms with van der Waals surface area (Å²) in [5.74, 6) is 0. The summed E-state index contributed by atoms with van der Waals surface area (Å²) in [6.45, 7) is 20.7. The molecule has 4 aromatic heterocycles. The van der Waals surface area contributed by atoms with Gasteiger partial charge in [-0.2, -0.15) is 0 Å². The van der Waals surface area contributed by atoms with Crippen molar-refractivity contribution in [2.45, 2.75) is 78.6 Å². The van der Waals surface area contributed by atoms with E-state index in [-0.39, 0.29) is 16.2 Å². The molecular weight excluding hydrogens is 643 g/mol. The molecule has 5 aromatic carbocycles. The minimum absolute atomic E-state index is 0.000900. The van der Waals surface area contributed by atoms with Gasteiger partial charge in [0.15, 0.2) is 0 Å². The van der Waals surface area contributed by atoms with E-state index in [9.17, 15) is 0 Å². The topological polar surface area (TPSA) is 30.2 Å². The van der Waals surface area contributed by atoms with Crippen LogP contribution in [0.5, 0.6) is 0 Å². The number of fused-ring (bicyclic) bond motifs is 5. The van der Waals surface area contributed by atoms with Crippen molar-refractivity contribution in [1.82, 2.24) is 14.4 Å². The molecule has 0 fully saturated rings. The van der Waals surface area contributed by atoms with Crippen LogP contribution >= 0.6 is 0 Å². The molecule has 0 unspecified atom stereocenters. The number of hydrogen-bond donors (Lipinski definition) is 0. The summed E-state index contributed by atoms with van der Waals surface area (Å²) in [7, 11) is 0. The number of para-hydroxylation sites is 1. The third-order valence-electron chi connectivity index (χ3n) is 11.1. The number of pyridine rings is 3. The minimum atomic E-state index is -0.0896. The van der Waals surface area contributed by atoms with Gasteiger partial charge in [-0.05, 0) is 103 Å². The maximum atomic E-state index is 5.63. The summed E-state index contributed by atoms with van der Waals surface area (Å²) in [5, 5.41) is 7.49. The number of nitrogens with zero attached hydrogens (tertiary/aromatic N) is 3. The molecule has 0 aliphatic carbocycles. The van der Waals surface area contributed by atoms with E-state index < -0.39 is 0 Å². The second-order valence-corrected chi connectivity index (χ2v) is 18.0. The van der Waals surface area contributed by atoms with Crippen LogP contribution in [0.15, 0.2) is 121 Å². The molecule has 0 aliphatic rings. The maximum Gasteiger partial charge on any atom is 0.146 e. The van der Waals surface area contributed by atoms with Crippen molar-refractivity contribution < 1.29 is 0 Å². The van der Waals surface area contributed by atoms with E-state index in [0.29, 0.717) is 0 Å². The molecule has 0 spiro atoms. The molecule has 0 saturated carbocycles. The van der Waals surface area contributed by atoms with Gasteiger partial charge in [0.25, 0.3) is 0 Å². The molecule has 0 amide bonds. The van der Waals surface area contributed by atoms with Crippen LogP contribution in [0, 0.1) is 0 Å². The second kappa shape index (κ2) is 11.5. The Morgan fingerprint density at radius 2 is 0.962 bits per heavy atom. The molecule has 4 heterocycles. The van der Waals surface area contributed by atoms with Gasteiger partial charge >= 0.3 is 0 Å². The first-order chi connectivity index (χ1) is 25.1. The van der Waals surface area contributed by atoms with Gasteiger partial charge in [0.1, 0.15) is 5.65 Å². The number of benzene rings is 5. The Balaban J connectivity index is 1.39. The quantitative estimate of drug-likeness (QED) is 0.137. The lowest BCUT2D eigenvalue weighted by molar-refractivity contribution is 0.590. The second-order valence-electron chi connectivity index (χ2n) is 18.0. The van der Waals surface area contributed by atoms with E-state index in [4.69, 9.17) is 9.97 Å². The molecule has 0 N–H and O–H groups in total. The smallest absolute Gasteiger partial charge is 0.146 e. The van der Waals surface area contributed by atoms with Gasteiger partial charge in [-0.3, -0.25) is 4.40 Å². The Morgan fingerprint density at radius 1 is 0.415 bits per heavy atom. The maximum absolute atomic E-state index is 5.63. The average Bonchev–Trinajstić information content (AvgIpc) is 3.47. The fraction of sp³-hybridized carbons (Fsp3) is 0.240. The van der Waals surface area contributed by atoms with Crippen molar-refractivity contribution in [1.29, 1.82) is 0 Å². The van der Waals surface area contributed by atoms with Gasteiger partial charge in [-0.25, -0.2) is 9.97 Å². The molecule has 0 bridgehead atoms. The van der Waals surface area contributed by atoms with E-state index in [1.165, 1.54) is 71.2 Å². The predicted molar refractivity (Wildman–Crippen MR) is 227 cm³/mol. The summed E-state index contributed by atoms with van der Waals surface area (Å²) in [4.78, 5) is 11.1. The van der Waals surface area contributed by atoms with E-state index in [1.807, 2.05) is 0 Å². The molecule has 53 heavy (non-hydrogen) atoms. The van der Waals surface area contributed by atoms with Crippen molar-refractivity contribution in [3.63, 3.8) is 0 Å². The van der Waals surface area contributed by atoms with Crippen LogP contribution in [0.2, 0.25) is 0 Å². The average molecular weight is 690 g/mol. The van der Waals surface area contributed by atoms with E-state index in [0.717, 1.165) is 28.3 Å². The van der Waals surface area contributed by atoms with Gasteiger partial charge in [0, 0.05) is 27.1 Å². The van der Waals surface area contributed by atoms with Gasteiger partial charge in [0.2, 0.25) is 0 Å². The fourth-order valence-corrected chi connectivity index (χ4v) is 8.00. The summed E-state index contributed by atoms with van der Waals surface area (Å²) in [6, 6.07) is 44.7. The van der Waals surface area contributed by atoms with Crippen molar-refractivity contribution >= 4 is 49.0 Å². The van der Waals surface area contributed by atoms with E-state index in [2.05, 4.69) is 188 Å². The van der Waals surface area contributed by atoms with Crippen LogP contribution in [0.4, 0.5) is 0 Å². The molecule has 0 atom stereocenters. The molecule has 3 nitrogen and oxygen atoms in total. The van der Waals surface area contributed by atoms with Crippen molar-refractivity contribution in [3.8, 4) is 33.8 Å². The predicted octanol–water partition coefficient (Wildman–Crippen LogP) is 13.7. The van der Waals surface area contributed by atoms with Crippen LogP contribution in [-0.2, 0) is 16.2 Å². The lowest BCUT2D eigenvalue weighted by atomic mass is 9.82. The fourth-order valence-electron chi connectivity index (χ4n) is 8.00. The Morgan fingerprint density at radius 3 is 1.68 bits per heavy atom. The summed E-state index contributed by atoms with van der Waals surface area (Å²) >= 11 is 0. The van der Waals surface area contributed by atoms with E-state index in [1.54, 1.807) is 0 Å². The first kappa shape index (κ1) is 33.3. The third kappa shape index (κ3) is 5.48. The molecule has 9 aromatic rings. The summed E-state index contributed by atoms with van der Waals surface area (Å²) in [5.41, 5.74) is 13.4. The van der Waals surface area contributed by atoms with Gasteiger partial charge < -0.3 is 0 Å². The third-order valence-corrected chi connectivity index (χ3v) is 11.1. The SMILES string of the molecule is CC(C)(C)c1cc(-c2cccc(-c3ccccc3)c2)nc(-c2cc3cc(C(C)(C)C)cc4c5cc(C(C)(C)C)cc6c7ccccc7n(c(n2)c34)c56)c1. The van der Waals surface area contributed by atoms with Crippen LogP contribution in [-0.4, -0.2) is 14.4 Å². The molecule has 0 radical (unpaired) electrons. The van der Waals surface area contributed by atoms with Gasteiger partial charge in [-0.1, -0.05) is 135 Å². The van der Waals surface area contributed by atoms with Crippen molar-refractivity contribution in [2.24, 2.45) is 0 Å². The summed E-state index contributed by atoms with van der Waals surface area (Å²) < 4.78 is 2.43. The zero-order chi connectivity index (χ0) is 37.0. The highest BCUT2D eigenvalue weighted by Gasteiger charge is 2.26. The Bertz CT molecular complexity index is 2870. The lowest BCUT2D eigenvalue weighted by Crippen LogP contribution is -2.13. The van der Waals surface area contributed by atoms with E-state index >= 15 is 0 Å². The Kier molecular flexibility index (Phi) is 7.21. The first-order valence-electron chi connectivity index (χ1n) is 18.9. The van der Waals surface area contributed by atoms with Crippen molar-refractivity contribution in [3.05, 3.63) is 138 Å². The van der Waals surface area contributed by atoms with Gasteiger partial charge in [0.05, 0.1) is 28.1 Å². The zero-order valence-corrected chi connectivity index (χ0v) is 32.4.